The first-order valence-electron chi connectivity index (χ1n) is 5.39. The highest BCUT2D eigenvalue weighted by atomic mass is 79.9. The summed E-state index contributed by atoms with van der Waals surface area (Å²) in [6.45, 7) is 0. The highest BCUT2D eigenvalue weighted by Gasteiger charge is 2.36. The molecule has 98 valence electrons. The van der Waals surface area contributed by atoms with Gasteiger partial charge in [-0.15, -0.1) is 0 Å². The summed E-state index contributed by atoms with van der Waals surface area (Å²) in [5.41, 5.74) is 6.26. The maximum atomic E-state index is 9.20. The Kier molecular flexibility index (Phi) is 3.86. The lowest BCUT2D eigenvalue weighted by Crippen LogP contribution is -2.24. The van der Waals surface area contributed by atoms with Crippen molar-refractivity contribution < 1.29 is 4.74 Å². The zero-order valence-corrected chi connectivity index (χ0v) is 12.2. The van der Waals surface area contributed by atoms with Crippen LogP contribution in [0.25, 0.3) is 0 Å². The second-order valence-corrected chi connectivity index (χ2v) is 5.30. The van der Waals surface area contributed by atoms with E-state index in [4.69, 9.17) is 32.6 Å². The summed E-state index contributed by atoms with van der Waals surface area (Å²) in [6, 6.07) is 8.82. The summed E-state index contributed by atoms with van der Waals surface area (Å²) in [6.07, 6.45) is 0. The smallest absolute Gasteiger partial charge is 0.205 e. The molecule has 0 aromatic heterocycles. The van der Waals surface area contributed by atoms with Gasteiger partial charge in [-0.25, -0.2) is 0 Å². The van der Waals surface area contributed by atoms with Crippen LogP contribution in [0.5, 0.6) is 5.75 Å². The third kappa shape index (κ3) is 2.18. The van der Waals surface area contributed by atoms with Crippen molar-refractivity contribution in [3.63, 3.8) is 0 Å². The van der Waals surface area contributed by atoms with Gasteiger partial charge in [0.25, 0.3) is 0 Å². The molecule has 2 rings (SSSR count). The van der Waals surface area contributed by atoms with Crippen LogP contribution in [-0.4, -0.2) is 0 Å². The minimum atomic E-state index is -1.06. The summed E-state index contributed by atoms with van der Waals surface area (Å²) in [5.74, 6) is -1.58. The van der Waals surface area contributed by atoms with Gasteiger partial charge in [-0.3, -0.25) is 0 Å². The molecule has 1 aliphatic heterocycles. The molecular formula is C13H6BrClN4O. The lowest BCUT2D eigenvalue weighted by atomic mass is 9.80. The van der Waals surface area contributed by atoms with Crippen LogP contribution in [0.4, 0.5) is 0 Å². The van der Waals surface area contributed by atoms with Crippen molar-refractivity contribution in [2.45, 2.75) is 5.92 Å². The fourth-order valence-electron chi connectivity index (χ4n) is 2.04. The Hall–Kier alpha value is -2.20. The monoisotopic (exact) mass is 348 g/mol. The number of hydrogen-bond donors (Lipinski definition) is 1. The second-order valence-electron chi connectivity index (χ2n) is 4.01. The zero-order chi connectivity index (χ0) is 14.9. The van der Waals surface area contributed by atoms with E-state index in [0.29, 0.717) is 20.8 Å². The van der Waals surface area contributed by atoms with Crippen molar-refractivity contribution >= 4 is 27.5 Å². The van der Waals surface area contributed by atoms with E-state index in [1.165, 1.54) is 0 Å². The number of allylic oxidation sites excluding steroid dienone is 1. The number of nitrogens with zero attached hydrogens (tertiary/aromatic N) is 3. The third-order valence-electron chi connectivity index (χ3n) is 2.89. The molecule has 1 atom stereocenters. The molecule has 20 heavy (non-hydrogen) atoms. The van der Waals surface area contributed by atoms with E-state index in [0.717, 1.165) is 0 Å². The first-order valence-corrected chi connectivity index (χ1v) is 6.56. The Bertz CT molecular complexity index is 724. The molecule has 0 bridgehead atoms. The van der Waals surface area contributed by atoms with Crippen LogP contribution in [0.2, 0.25) is 5.02 Å². The van der Waals surface area contributed by atoms with Crippen LogP contribution < -0.4 is 10.5 Å². The van der Waals surface area contributed by atoms with E-state index in [9.17, 15) is 5.26 Å². The van der Waals surface area contributed by atoms with E-state index in [1.54, 1.807) is 12.1 Å². The largest absolute Gasteiger partial charge is 0.439 e. The minimum absolute atomic E-state index is 0.0553. The molecule has 0 radical (unpaired) electrons. The molecule has 1 aromatic carbocycles. The van der Waals surface area contributed by atoms with Gasteiger partial charge < -0.3 is 10.5 Å². The van der Waals surface area contributed by atoms with Crippen molar-refractivity contribution in [3.8, 4) is 24.0 Å². The molecular weight excluding hydrogens is 344 g/mol. The average Bonchev–Trinajstić information content (AvgIpc) is 2.41. The number of halogens is 2. The summed E-state index contributed by atoms with van der Waals surface area (Å²) < 4.78 is 5.94. The fraction of sp³-hybridized carbons (Fsp3) is 0.154. The normalized spacial score (nSPS) is 16.7. The van der Waals surface area contributed by atoms with Gasteiger partial charge >= 0.3 is 0 Å². The molecule has 1 aromatic rings. The van der Waals surface area contributed by atoms with Crippen LogP contribution in [0, 0.1) is 39.9 Å². The Morgan fingerprint density at radius 2 is 1.95 bits per heavy atom. The molecule has 1 aliphatic rings. The SMILES string of the molecule is N#CC1=C(N)Oc2c(Br)cc(Cl)cc2C1C(C#N)C#N. The molecule has 0 spiro atoms. The number of nitriles is 3. The first-order chi connectivity index (χ1) is 9.53. The first kappa shape index (κ1) is 14.2. The van der Waals surface area contributed by atoms with Crippen molar-refractivity contribution in [2.75, 3.05) is 0 Å². The van der Waals surface area contributed by atoms with Crippen LogP contribution in [0.3, 0.4) is 0 Å². The molecule has 1 heterocycles. The number of fused-ring (bicyclic) bond motifs is 1. The van der Waals surface area contributed by atoms with Gasteiger partial charge in [0, 0.05) is 10.6 Å². The lowest BCUT2D eigenvalue weighted by Gasteiger charge is -2.27. The van der Waals surface area contributed by atoms with Gasteiger partial charge in [-0.2, -0.15) is 15.8 Å². The van der Waals surface area contributed by atoms with Gasteiger partial charge in [0.05, 0.1) is 28.1 Å². The Morgan fingerprint density at radius 1 is 1.30 bits per heavy atom. The van der Waals surface area contributed by atoms with Gasteiger partial charge in [-0.05, 0) is 28.1 Å². The van der Waals surface area contributed by atoms with Crippen LogP contribution >= 0.6 is 27.5 Å². The van der Waals surface area contributed by atoms with Crippen molar-refractivity contribution in [3.05, 3.63) is 38.6 Å². The van der Waals surface area contributed by atoms with Crippen molar-refractivity contribution in [2.24, 2.45) is 11.7 Å². The maximum Gasteiger partial charge on any atom is 0.205 e. The molecule has 0 fully saturated rings. The van der Waals surface area contributed by atoms with E-state index in [1.807, 2.05) is 18.2 Å². The van der Waals surface area contributed by atoms with E-state index >= 15 is 0 Å². The Labute approximate surface area is 128 Å². The quantitative estimate of drug-likeness (QED) is 0.838. The summed E-state index contributed by atoms with van der Waals surface area (Å²) >= 11 is 9.27. The predicted octanol–water partition coefficient (Wildman–Crippen LogP) is 2.94. The molecule has 0 saturated carbocycles. The number of benzene rings is 1. The third-order valence-corrected chi connectivity index (χ3v) is 3.70. The average molecular weight is 350 g/mol. The highest BCUT2D eigenvalue weighted by Crippen LogP contribution is 2.46. The van der Waals surface area contributed by atoms with Gasteiger partial charge in [0.2, 0.25) is 5.88 Å². The molecule has 0 amide bonds. The predicted molar refractivity (Wildman–Crippen MR) is 74.1 cm³/mol. The van der Waals surface area contributed by atoms with Crippen molar-refractivity contribution in [1.82, 2.24) is 0 Å². The van der Waals surface area contributed by atoms with Gasteiger partial charge in [-0.1, -0.05) is 11.6 Å². The molecule has 7 heteroatoms. The Balaban J connectivity index is 2.75. The number of nitrogens with two attached hydrogens (primary N) is 1. The number of hydrogen-bond acceptors (Lipinski definition) is 5. The topological polar surface area (TPSA) is 107 Å². The zero-order valence-electron chi connectivity index (χ0n) is 9.89. The highest BCUT2D eigenvalue weighted by molar-refractivity contribution is 9.10. The molecule has 0 saturated heterocycles. The summed E-state index contributed by atoms with van der Waals surface area (Å²) in [7, 11) is 0. The van der Waals surface area contributed by atoms with Crippen molar-refractivity contribution in [1.29, 1.82) is 15.8 Å². The van der Waals surface area contributed by atoms with Gasteiger partial charge in [0.1, 0.15) is 17.7 Å². The Morgan fingerprint density at radius 3 is 2.50 bits per heavy atom. The van der Waals surface area contributed by atoms with E-state index in [2.05, 4.69) is 15.9 Å². The van der Waals surface area contributed by atoms with E-state index < -0.39 is 11.8 Å². The maximum absolute atomic E-state index is 9.20. The molecule has 5 nitrogen and oxygen atoms in total. The molecule has 2 N–H and O–H groups in total. The second kappa shape index (κ2) is 5.43. The minimum Gasteiger partial charge on any atom is -0.439 e. The lowest BCUT2D eigenvalue weighted by molar-refractivity contribution is 0.381. The molecule has 1 unspecified atom stereocenters. The fourth-order valence-corrected chi connectivity index (χ4v) is 2.96. The van der Waals surface area contributed by atoms with E-state index in [-0.39, 0.29) is 11.5 Å². The van der Waals surface area contributed by atoms with Crippen LogP contribution in [-0.2, 0) is 0 Å². The number of ether oxygens (including phenoxy) is 1. The molecule has 0 aliphatic carbocycles. The standard InChI is InChI=1S/C13H6BrClN4O/c14-10-2-7(15)1-8-11(6(3-16)4-17)9(5-18)13(19)20-12(8)10/h1-2,6,11H,19H2. The van der Waals surface area contributed by atoms with Crippen LogP contribution in [0.15, 0.2) is 28.1 Å². The van der Waals surface area contributed by atoms with Gasteiger partial charge in [0.15, 0.2) is 0 Å². The number of rotatable bonds is 1. The summed E-state index contributed by atoms with van der Waals surface area (Å²) in [5, 5.41) is 27.8. The summed E-state index contributed by atoms with van der Waals surface area (Å²) in [4.78, 5) is 0. The van der Waals surface area contributed by atoms with Crippen LogP contribution in [0.1, 0.15) is 11.5 Å².